The highest BCUT2D eigenvalue weighted by atomic mass is 19.4. The number of urea groups is 1. The normalized spacial score (nSPS) is 11.7. The van der Waals surface area contributed by atoms with Crippen LogP contribution in [0.1, 0.15) is 16.8 Å². The number of rotatable bonds is 4. The van der Waals surface area contributed by atoms with Gasteiger partial charge in [-0.2, -0.15) is 23.4 Å². The zero-order chi connectivity index (χ0) is 18.0. The number of nitrogens with one attached hydrogen (secondary N) is 2. The van der Waals surface area contributed by atoms with Gasteiger partial charge in [-0.1, -0.05) is 6.07 Å². The van der Waals surface area contributed by atoms with Gasteiger partial charge >= 0.3 is 12.2 Å². The standard InChI is InChI=1S/C15H15F3N6O/c1-23-13(11(8-21-23)15(16,17)18)9-20-14(25)19-6-10-7-22-24-5-3-2-4-12(10)24/h2-5,7-8H,6,9H2,1H3,(H2,19,20,25). The molecule has 3 heterocycles. The Kier molecular flexibility index (Phi) is 4.34. The summed E-state index contributed by atoms with van der Waals surface area (Å²) in [6, 6.07) is 4.95. The van der Waals surface area contributed by atoms with Crippen LogP contribution >= 0.6 is 0 Å². The number of hydrogen-bond acceptors (Lipinski definition) is 3. The van der Waals surface area contributed by atoms with Gasteiger partial charge in [0.2, 0.25) is 0 Å². The quantitative estimate of drug-likeness (QED) is 0.755. The van der Waals surface area contributed by atoms with E-state index in [1.807, 2.05) is 18.2 Å². The summed E-state index contributed by atoms with van der Waals surface area (Å²) >= 11 is 0. The van der Waals surface area contributed by atoms with Gasteiger partial charge in [0.05, 0.1) is 35.7 Å². The number of carbonyl (C=O) groups excluding carboxylic acids is 1. The first-order chi connectivity index (χ1) is 11.9. The second-order valence-electron chi connectivity index (χ2n) is 5.36. The van der Waals surface area contributed by atoms with E-state index in [9.17, 15) is 18.0 Å². The number of amides is 2. The highest BCUT2D eigenvalue weighted by molar-refractivity contribution is 5.74. The molecule has 3 aromatic heterocycles. The summed E-state index contributed by atoms with van der Waals surface area (Å²) in [5, 5.41) is 12.8. The average Bonchev–Trinajstić information content (AvgIpc) is 3.14. The van der Waals surface area contributed by atoms with Crippen LogP contribution in [0, 0.1) is 0 Å². The molecule has 0 radical (unpaired) electrons. The minimum absolute atomic E-state index is 0.112. The summed E-state index contributed by atoms with van der Waals surface area (Å²) in [7, 11) is 1.39. The molecule has 0 aromatic carbocycles. The Morgan fingerprint density at radius 1 is 1.16 bits per heavy atom. The third-order valence-corrected chi connectivity index (χ3v) is 3.73. The first kappa shape index (κ1) is 16.8. The molecule has 0 fully saturated rings. The Hall–Kier alpha value is -3.04. The lowest BCUT2D eigenvalue weighted by atomic mass is 10.2. The molecule has 3 rings (SSSR count). The molecule has 0 spiro atoms. The number of aromatic nitrogens is 4. The van der Waals surface area contributed by atoms with Crippen LogP contribution in [-0.2, 0) is 26.3 Å². The fraction of sp³-hybridized carbons (Fsp3) is 0.267. The van der Waals surface area contributed by atoms with Crippen LogP contribution in [0.25, 0.3) is 5.52 Å². The largest absolute Gasteiger partial charge is 0.419 e. The maximum Gasteiger partial charge on any atom is 0.419 e. The van der Waals surface area contributed by atoms with Crippen molar-refractivity contribution in [2.45, 2.75) is 19.3 Å². The van der Waals surface area contributed by atoms with Crippen LogP contribution in [0.5, 0.6) is 0 Å². The van der Waals surface area contributed by atoms with Crippen LogP contribution < -0.4 is 10.6 Å². The lowest BCUT2D eigenvalue weighted by molar-refractivity contribution is -0.138. The maximum absolute atomic E-state index is 12.9. The summed E-state index contributed by atoms with van der Waals surface area (Å²) in [5.74, 6) is 0. The molecule has 7 nitrogen and oxygen atoms in total. The molecular weight excluding hydrogens is 337 g/mol. The number of aryl methyl sites for hydroxylation is 1. The predicted molar refractivity (Wildman–Crippen MR) is 82.5 cm³/mol. The van der Waals surface area contributed by atoms with Crippen LogP contribution in [0.4, 0.5) is 18.0 Å². The van der Waals surface area contributed by atoms with Crippen molar-refractivity contribution in [3.8, 4) is 0 Å². The van der Waals surface area contributed by atoms with E-state index in [2.05, 4.69) is 20.8 Å². The van der Waals surface area contributed by atoms with Gasteiger partial charge in [0.15, 0.2) is 0 Å². The molecule has 0 atom stereocenters. The molecule has 0 bridgehead atoms. The molecule has 3 aromatic rings. The first-order valence-corrected chi connectivity index (χ1v) is 7.37. The number of pyridine rings is 1. The van der Waals surface area contributed by atoms with E-state index < -0.39 is 17.8 Å². The van der Waals surface area contributed by atoms with Gasteiger partial charge in [-0.3, -0.25) is 4.68 Å². The molecule has 132 valence electrons. The third-order valence-electron chi connectivity index (χ3n) is 3.73. The molecule has 0 saturated heterocycles. The van der Waals surface area contributed by atoms with E-state index in [0.717, 1.165) is 22.0 Å². The van der Waals surface area contributed by atoms with Crippen molar-refractivity contribution in [3.05, 3.63) is 53.6 Å². The number of halogens is 3. The lowest BCUT2D eigenvalue weighted by Crippen LogP contribution is -2.35. The van der Waals surface area contributed by atoms with Gasteiger partial charge in [-0.05, 0) is 12.1 Å². The minimum atomic E-state index is -4.52. The van der Waals surface area contributed by atoms with Crippen molar-refractivity contribution < 1.29 is 18.0 Å². The van der Waals surface area contributed by atoms with Gasteiger partial charge in [0, 0.05) is 25.4 Å². The second kappa shape index (κ2) is 6.46. The van der Waals surface area contributed by atoms with Crippen molar-refractivity contribution in [2.75, 3.05) is 0 Å². The lowest BCUT2D eigenvalue weighted by Gasteiger charge is -2.11. The topological polar surface area (TPSA) is 76.2 Å². The molecule has 10 heteroatoms. The molecule has 2 N–H and O–H groups in total. The van der Waals surface area contributed by atoms with E-state index in [4.69, 9.17) is 0 Å². The van der Waals surface area contributed by atoms with Gasteiger partial charge in [-0.25, -0.2) is 9.31 Å². The monoisotopic (exact) mass is 352 g/mol. The molecule has 2 amide bonds. The Morgan fingerprint density at radius 2 is 1.92 bits per heavy atom. The smallest absolute Gasteiger partial charge is 0.334 e. The Morgan fingerprint density at radius 3 is 2.68 bits per heavy atom. The van der Waals surface area contributed by atoms with E-state index in [1.165, 1.54) is 7.05 Å². The Labute approximate surface area is 140 Å². The number of nitrogens with zero attached hydrogens (tertiary/aromatic N) is 4. The Bertz CT molecular complexity index is 898. The van der Waals surface area contributed by atoms with Gasteiger partial charge < -0.3 is 10.6 Å². The van der Waals surface area contributed by atoms with Crippen LogP contribution in [0.2, 0.25) is 0 Å². The van der Waals surface area contributed by atoms with E-state index in [0.29, 0.717) is 0 Å². The molecule has 0 aliphatic heterocycles. The van der Waals surface area contributed by atoms with E-state index in [1.54, 1.807) is 16.9 Å². The van der Waals surface area contributed by atoms with Crippen LogP contribution in [0.15, 0.2) is 36.8 Å². The SMILES string of the molecule is Cn1ncc(C(F)(F)F)c1CNC(=O)NCc1cnn2ccccc12. The summed E-state index contributed by atoms with van der Waals surface area (Å²) in [4.78, 5) is 11.9. The van der Waals surface area contributed by atoms with E-state index >= 15 is 0 Å². The Balaban J connectivity index is 1.60. The summed E-state index contributed by atoms with van der Waals surface area (Å²) in [6.07, 6.45) is -0.370. The number of hydrogen-bond donors (Lipinski definition) is 2. The van der Waals surface area contributed by atoms with Crippen molar-refractivity contribution in [2.24, 2.45) is 7.05 Å². The second-order valence-corrected chi connectivity index (χ2v) is 5.36. The maximum atomic E-state index is 12.9. The highest BCUT2D eigenvalue weighted by Crippen LogP contribution is 2.31. The van der Waals surface area contributed by atoms with Crippen molar-refractivity contribution in [1.29, 1.82) is 0 Å². The van der Waals surface area contributed by atoms with Crippen molar-refractivity contribution in [1.82, 2.24) is 30.0 Å². The number of alkyl halides is 3. The zero-order valence-electron chi connectivity index (χ0n) is 13.2. The van der Waals surface area contributed by atoms with Crippen molar-refractivity contribution in [3.63, 3.8) is 0 Å². The predicted octanol–water partition coefficient (Wildman–Crippen LogP) is 2.09. The molecule has 0 aliphatic carbocycles. The summed E-state index contributed by atoms with van der Waals surface area (Å²) in [6.45, 7) is -0.0806. The molecule has 0 unspecified atom stereocenters. The molecular formula is C15H15F3N6O. The number of fused-ring (bicyclic) bond motifs is 1. The van der Waals surface area contributed by atoms with Crippen LogP contribution in [0.3, 0.4) is 0 Å². The number of carbonyl (C=O) groups is 1. The summed E-state index contributed by atoms with van der Waals surface area (Å²) in [5.41, 5.74) is 0.664. The first-order valence-electron chi connectivity index (χ1n) is 7.37. The average molecular weight is 352 g/mol. The minimum Gasteiger partial charge on any atom is -0.334 e. The van der Waals surface area contributed by atoms with Gasteiger partial charge in [-0.15, -0.1) is 0 Å². The molecule has 0 saturated carbocycles. The summed E-state index contributed by atoms with van der Waals surface area (Å²) < 4.78 is 41.4. The van der Waals surface area contributed by atoms with Crippen molar-refractivity contribution >= 4 is 11.5 Å². The van der Waals surface area contributed by atoms with Crippen LogP contribution in [-0.4, -0.2) is 25.4 Å². The third kappa shape index (κ3) is 3.57. The fourth-order valence-corrected chi connectivity index (χ4v) is 2.43. The van der Waals surface area contributed by atoms with Gasteiger partial charge in [0.25, 0.3) is 0 Å². The fourth-order valence-electron chi connectivity index (χ4n) is 2.43. The molecule has 25 heavy (non-hydrogen) atoms. The van der Waals surface area contributed by atoms with E-state index in [-0.39, 0.29) is 18.8 Å². The zero-order valence-corrected chi connectivity index (χ0v) is 13.2. The van der Waals surface area contributed by atoms with Gasteiger partial charge in [0.1, 0.15) is 0 Å². The highest BCUT2D eigenvalue weighted by Gasteiger charge is 2.35. The molecule has 0 aliphatic rings.